The first-order chi connectivity index (χ1) is 16.0. The molecule has 7 nitrogen and oxygen atoms in total. The Morgan fingerprint density at radius 3 is 2.59 bits per heavy atom. The molecule has 2 aromatic rings. The molecule has 12 heteroatoms. The number of alkyl halides is 3. The van der Waals surface area contributed by atoms with Crippen LogP contribution in [0.25, 0.3) is 6.08 Å². The zero-order chi connectivity index (χ0) is 25.0. The Kier molecular flexibility index (Phi) is 7.61. The van der Waals surface area contributed by atoms with Crippen molar-refractivity contribution in [3.8, 4) is 17.6 Å². The van der Waals surface area contributed by atoms with Gasteiger partial charge >= 0.3 is 6.18 Å². The number of hydrogen-bond donors (Lipinski definition) is 2. The van der Waals surface area contributed by atoms with Crippen molar-refractivity contribution in [2.24, 2.45) is 4.99 Å². The molecular weight excluding hydrogens is 478 g/mol. The maximum Gasteiger partial charge on any atom is 0.420 e. The summed E-state index contributed by atoms with van der Waals surface area (Å²) < 4.78 is 59.7. The van der Waals surface area contributed by atoms with E-state index >= 15 is 0 Å². The lowest BCUT2D eigenvalue weighted by Crippen LogP contribution is -2.33. The number of amidine groups is 1. The molecule has 0 saturated carbocycles. The number of likely N-dealkylation sites (N-methyl/N-ethyl adjacent to an activating group) is 1. The molecule has 1 amide bonds. The molecule has 0 aromatic heterocycles. The van der Waals surface area contributed by atoms with Gasteiger partial charge in [-0.25, -0.2) is 4.39 Å². The van der Waals surface area contributed by atoms with Crippen LogP contribution in [0.3, 0.4) is 0 Å². The van der Waals surface area contributed by atoms with Gasteiger partial charge < -0.3 is 19.8 Å². The van der Waals surface area contributed by atoms with Gasteiger partial charge in [0.05, 0.1) is 34.8 Å². The number of amides is 1. The van der Waals surface area contributed by atoms with Crippen molar-refractivity contribution in [3.63, 3.8) is 0 Å². The van der Waals surface area contributed by atoms with Crippen LogP contribution >= 0.6 is 11.8 Å². The fourth-order valence-corrected chi connectivity index (χ4v) is 3.77. The quantitative estimate of drug-likeness (QED) is 0.464. The van der Waals surface area contributed by atoms with E-state index in [4.69, 9.17) is 15.1 Å². The summed E-state index contributed by atoms with van der Waals surface area (Å²) in [5, 5.41) is 27.6. The third-order valence-corrected chi connectivity index (χ3v) is 5.62. The summed E-state index contributed by atoms with van der Waals surface area (Å²) in [6, 6.07) is 7.75. The minimum atomic E-state index is -4.82. The van der Waals surface area contributed by atoms with Crippen molar-refractivity contribution >= 4 is 28.9 Å². The SMILES string of the molecule is CN(CC(O)CO)C1=NC(=O)/C(=C/c2ccc(Oc3ccc(C#N)cc3C(F)(F)F)c(F)c2)S1. The molecule has 0 bridgehead atoms. The average molecular weight is 495 g/mol. The van der Waals surface area contributed by atoms with Crippen molar-refractivity contribution < 1.29 is 37.3 Å². The number of rotatable bonds is 6. The molecule has 1 aliphatic rings. The first-order valence-corrected chi connectivity index (χ1v) is 10.4. The van der Waals surface area contributed by atoms with Crippen molar-refractivity contribution in [3.05, 3.63) is 63.8 Å². The topological polar surface area (TPSA) is 106 Å². The van der Waals surface area contributed by atoms with Crippen LogP contribution in [0.4, 0.5) is 17.6 Å². The number of hydrogen-bond acceptors (Lipinski definition) is 7. The number of aliphatic hydroxyl groups is 2. The Labute approximate surface area is 195 Å². The predicted molar refractivity (Wildman–Crippen MR) is 116 cm³/mol. The predicted octanol–water partition coefficient (Wildman–Crippen LogP) is 3.76. The van der Waals surface area contributed by atoms with Gasteiger partial charge in [-0.05, 0) is 53.7 Å². The van der Waals surface area contributed by atoms with Crippen LogP contribution in [0.15, 0.2) is 46.3 Å². The number of aliphatic imine (C=N–C) groups is 1. The number of ether oxygens (including phenoxy) is 1. The third kappa shape index (κ3) is 5.93. The second-order valence-corrected chi connectivity index (χ2v) is 8.15. The molecule has 1 aliphatic heterocycles. The van der Waals surface area contributed by atoms with E-state index < -0.39 is 47.7 Å². The first kappa shape index (κ1) is 25.2. The normalized spacial score (nSPS) is 15.8. The summed E-state index contributed by atoms with van der Waals surface area (Å²) in [6.45, 7) is -0.418. The van der Waals surface area contributed by atoms with Crippen molar-refractivity contribution in [1.29, 1.82) is 5.26 Å². The number of nitrogens with zero attached hydrogens (tertiary/aromatic N) is 3. The second-order valence-electron chi connectivity index (χ2n) is 7.14. The highest BCUT2D eigenvalue weighted by Crippen LogP contribution is 2.39. The lowest BCUT2D eigenvalue weighted by molar-refractivity contribution is -0.138. The number of halogens is 4. The minimum Gasteiger partial charge on any atom is -0.454 e. The van der Waals surface area contributed by atoms with Gasteiger partial charge in [0.2, 0.25) is 0 Å². The molecule has 1 unspecified atom stereocenters. The Morgan fingerprint density at radius 1 is 1.26 bits per heavy atom. The van der Waals surface area contributed by atoms with Gasteiger partial charge in [-0.2, -0.15) is 23.4 Å². The van der Waals surface area contributed by atoms with Gasteiger partial charge in [0.1, 0.15) is 5.75 Å². The van der Waals surface area contributed by atoms with Gasteiger partial charge in [0, 0.05) is 13.6 Å². The number of benzene rings is 2. The van der Waals surface area contributed by atoms with Crippen LogP contribution in [0.5, 0.6) is 11.5 Å². The van der Waals surface area contributed by atoms with E-state index in [9.17, 15) is 27.5 Å². The lowest BCUT2D eigenvalue weighted by atomic mass is 10.1. The molecule has 0 aliphatic carbocycles. The monoisotopic (exact) mass is 495 g/mol. The van der Waals surface area contributed by atoms with E-state index in [0.29, 0.717) is 6.07 Å². The number of thioether (sulfide) groups is 1. The summed E-state index contributed by atoms with van der Waals surface area (Å²) >= 11 is 0.985. The molecule has 1 heterocycles. The van der Waals surface area contributed by atoms with Crippen LogP contribution in [0.2, 0.25) is 0 Å². The van der Waals surface area contributed by atoms with Crippen molar-refractivity contribution in [1.82, 2.24) is 4.90 Å². The zero-order valence-corrected chi connectivity index (χ0v) is 18.3. The fraction of sp³-hybridized carbons (Fsp3) is 0.227. The summed E-state index contributed by atoms with van der Waals surface area (Å²) in [6.07, 6.45) is -4.48. The molecule has 1 atom stereocenters. The molecule has 0 radical (unpaired) electrons. The second kappa shape index (κ2) is 10.3. The molecule has 2 N–H and O–H groups in total. The molecule has 178 valence electrons. The molecular formula is C22H17F4N3O4S. The molecule has 0 saturated heterocycles. The number of carbonyl (C=O) groups excluding carboxylic acids is 1. The number of nitriles is 1. The highest BCUT2D eigenvalue weighted by Gasteiger charge is 2.35. The Morgan fingerprint density at radius 2 is 1.97 bits per heavy atom. The van der Waals surface area contributed by atoms with Crippen LogP contribution in [0, 0.1) is 17.1 Å². The van der Waals surface area contributed by atoms with E-state index in [0.717, 1.165) is 36.0 Å². The Balaban J connectivity index is 1.79. The van der Waals surface area contributed by atoms with E-state index in [1.165, 1.54) is 17.0 Å². The maximum atomic E-state index is 14.6. The van der Waals surface area contributed by atoms with E-state index in [1.807, 2.05) is 0 Å². The van der Waals surface area contributed by atoms with Gasteiger partial charge in [-0.15, -0.1) is 0 Å². The first-order valence-electron chi connectivity index (χ1n) is 9.63. The molecule has 0 fully saturated rings. The summed E-state index contributed by atoms with van der Waals surface area (Å²) in [7, 11) is 1.57. The van der Waals surface area contributed by atoms with E-state index in [-0.39, 0.29) is 27.7 Å². The Hall–Kier alpha value is -3.40. The van der Waals surface area contributed by atoms with Gasteiger partial charge in [-0.1, -0.05) is 6.07 Å². The van der Waals surface area contributed by atoms with E-state index in [2.05, 4.69) is 4.99 Å². The van der Waals surface area contributed by atoms with Crippen LogP contribution in [0.1, 0.15) is 16.7 Å². The third-order valence-electron chi connectivity index (χ3n) is 4.52. The number of aliphatic hydroxyl groups excluding tert-OH is 2. The molecule has 3 rings (SSSR count). The maximum absolute atomic E-state index is 14.6. The molecule has 0 spiro atoms. The van der Waals surface area contributed by atoms with Crippen molar-refractivity contribution in [2.75, 3.05) is 20.2 Å². The van der Waals surface area contributed by atoms with E-state index in [1.54, 1.807) is 13.1 Å². The highest BCUT2D eigenvalue weighted by atomic mass is 32.2. The van der Waals surface area contributed by atoms with Crippen LogP contribution in [-0.4, -0.2) is 52.5 Å². The smallest absolute Gasteiger partial charge is 0.420 e. The average Bonchev–Trinajstić information content (AvgIpc) is 3.15. The Bertz CT molecular complexity index is 1210. The van der Waals surface area contributed by atoms with Gasteiger partial charge in [-0.3, -0.25) is 4.79 Å². The van der Waals surface area contributed by atoms with Gasteiger partial charge in [0.25, 0.3) is 5.91 Å². The standard InChI is InChI=1S/C22H17F4N3O4S/c1-29(10-14(31)11-30)21-28-20(32)19(34-21)8-12-2-5-18(16(23)7-12)33-17-4-3-13(9-27)6-15(17)22(24,25)26/h2-8,14,30-31H,10-11H2,1H3/b19-8-. The van der Waals surface area contributed by atoms with Crippen molar-refractivity contribution in [2.45, 2.75) is 12.3 Å². The molecule has 2 aromatic carbocycles. The largest absolute Gasteiger partial charge is 0.454 e. The highest BCUT2D eigenvalue weighted by molar-refractivity contribution is 8.18. The van der Waals surface area contributed by atoms with Crippen LogP contribution in [-0.2, 0) is 11.0 Å². The van der Waals surface area contributed by atoms with Gasteiger partial charge in [0.15, 0.2) is 16.7 Å². The summed E-state index contributed by atoms with van der Waals surface area (Å²) in [4.78, 5) is 17.7. The fourth-order valence-electron chi connectivity index (χ4n) is 2.88. The van der Waals surface area contributed by atoms with Crippen LogP contribution < -0.4 is 4.74 Å². The summed E-state index contributed by atoms with van der Waals surface area (Å²) in [5.74, 6) is -2.69. The summed E-state index contributed by atoms with van der Waals surface area (Å²) in [5.41, 5.74) is -1.20. The number of carbonyl (C=O) groups is 1. The minimum absolute atomic E-state index is 0.0405. The zero-order valence-electron chi connectivity index (χ0n) is 17.5. The molecule has 34 heavy (non-hydrogen) atoms. The lowest BCUT2D eigenvalue weighted by Gasteiger charge is -2.19.